The van der Waals surface area contributed by atoms with Gasteiger partial charge in [-0.2, -0.15) is 0 Å². The number of hydrogen-bond acceptors (Lipinski definition) is 1. The van der Waals surface area contributed by atoms with Gasteiger partial charge >= 0.3 is 0 Å². The molecule has 0 saturated heterocycles. The molecule has 1 aliphatic rings. The molecule has 1 aromatic heterocycles. The third kappa shape index (κ3) is 3.52. The molecule has 0 bridgehead atoms. The number of hydrogen-bond donors (Lipinski definition) is 1. The number of fused-ring (bicyclic) bond motifs is 1. The number of ether oxygens (including phenoxy) is 1. The van der Waals surface area contributed by atoms with Crippen molar-refractivity contribution in [2.24, 2.45) is 0 Å². The van der Waals surface area contributed by atoms with Crippen molar-refractivity contribution in [3.8, 4) is 5.75 Å². The first kappa shape index (κ1) is 12.0. The maximum atomic E-state index is 5.08. The molecule has 0 radical (unpaired) electrons. The summed E-state index contributed by atoms with van der Waals surface area (Å²) in [5.74, 6) is 0.900. The quantitative estimate of drug-likeness (QED) is 0.754. The number of aromatic amines is 1. The molecule has 0 amide bonds. The molecule has 0 atom stereocenters. The Labute approximate surface area is 104 Å². The highest BCUT2D eigenvalue weighted by Gasteiger charge is 1.95. The first-order valence-electron chi connectivity index (χ1n) is 6.51. The molecule has 1 saturated carbocycles. The van der Waals surface area contributed by atoms with Gasteiger partial charge in [-0.15, -0.1) is 0 Å². The average molecular weight is 233 g/mol. The lowest BCUT2D eigenvalue weighted by molar-refractivity contribution is 0.415. The van der Waals surface area contributed by atoms with E-state index in [2.05, 4.69) is 4.98 Å². The molecule has 2 aromatic rings. The fourth-order valence-corrected chi connectivity index (χ4v) is 2.22. The molecule has 94 valence electrons. The van der Waals surface area contributed by atoms with Gasteiger partial charge in [0.2, 0.25) is 0 Å². The topological polar surface area (TPSA) is 25.0 Å². The zero-order valence-corrected chi connectivity index (χ0v) is 10.5. The van der Waals surface area contributed by atoms with Gasteiger partial charge in [0, 0.05) is 18.5 Å². The second-order valence-corrected chi connectivity index (χ2v) is 4.55. The van der Waals surface area contributed by atoms with E-state index in [1.54, 1.807) is 7.11 Å². The van der Waals surface area contributed by atoms with E-state index in [1.165, 1.54) is 43.9 Å². The van der Waals surface area contributed by atoms with Crippen LogP contribution in [-0.2, 0) is 0 Å². The second kappa shape index (κ2) is 6.33. The molecule has 0 aliphatic heterocycles. The molecule has 0 unspecified atom stereocenters. The smallest absolute Gasteiger partial charge is 0.119 e. The molecule has 0 spiro atoms. The molecular formula is C15H23NO. The van der Waals surface area contributed by atoms with Crippen molar-refractivity contribution in [3.05, 3.63) is 30.5 Å². The Bertz CT molecular complexity index is 437. The van der Waals surface area contributed by atoms with E-state index in [-0.39, 0.29) is 1.43 Å². The van der Waals surface area contributed by atoms with Crippen LogP contribution >= 0.6 is 0 Å². The molecule has 1 fully saturated rings. The molecule has 1 aromatic carbocycles. The first-order chi connectivity index (χ1) is 8.40. The van der Waals surface area contributed by atoms with E-state index in [1.807, 2.05) is 30.5 Å². The highest BCUT2D eigenvalue weighted by Crippen LogP contribution is 2.18. The third-order valence-corrected chi connectivity index (χ3v) is 3.26. The van der Waals surface area contributed by atoms with Crippen LogP contribution in [0.15, 0.2) is 30.5 Å². The Morgan fingerprint density at radius 2 is 1.65 bits per heavy atom. The van der Waals surface area contributed by atoms with E-state index in [0.29, 0.717) is 0 Å². The van der Waals surface area contributed by atoms with Crippen molar-refractivity contribution < 1.29 is 6.16 Å². The van der Waals surface area contributed by atoms with E-state index >= 15 is 0 Å². The SMILES string of the molecule is C1CCCCC1.COc1ccc2[nH]ccc2c1.[HH]. The Morgan fingerprint density at radius 1 is 1.00 bits per heavy atom. The fourth-order valence-electron chi connectivity index (χ4n) is 2.22. The van der Waals surface area contributed by atoms with Gasteiger partial charge < -0.3 is 9.72 Å². The van der Waals surface area contributed by atoms with Crippen molar-refractivity contribution >= 4 is 10.9 Å². The van der Waals surface area contributed by atoms with Crippen LogP contribution in [0.5, 0.6) is 5.75 Å². The number of H-pyrrole nitrogens is 1. The summed E-state index contributed by atoms with van der Waals surface area (Å²) >= 11 is 0. The van der Waals surface area contributed by atoms with Crippen LogP contribution in [0.4, 0.5) is 0 Å². The number of rotatable bonds is 1. The van der Waals surface area contributed by atoms with Gasteiger partial charge in [-0.1, -0.05) is 38.5 Å². The second-order valence-electron chi connectivity index (χ2n) is 4.55. The van der Waals surface area contributed by atoms with Crippen molar-refractivity contribution in [2.75, 3.05) is 7.11 Å². The minimum Gasteiger partial charge on any atom is -0.497 e. The van der Waals surface area contributed by atoms with Crippen molar-refractivity contribution in [2.45, 2.75) is 38.5 Å². The van der Waals surface area contributed by atoms with Crippen LogP contribution in [0.2, 0.25) is 0 Å². The monoisotopic (exact) mass is 233 g/mol. The summed E-state index contributed by atoms with van der Waals surface area (Å²) in [6, 6.07) is 7.98. The maximum absolute atomic E-state index is 5.08. The lowest BCUT2D eigenvalue weighted by Gasteiger charge is -2.05. The Kier molecular flexibility index (Phi) is 4.48. The molecule has 3 rings (SSSR count). The highest BCUT2D eigenvalue weighted by molar-refractivity contribution is 5.80. The Balaban J connectivity index is 0.000000199. The first-order valence-corrected chi connectivity index (χ1v) is 6.51. The van der Waals surface area contributed by atoms with Crippen LogP contribution in [-0.4, -0.2) is 12.1 Å². The summed E-state index contributed by atoms with van der Waals surface area (Å²) in [5.41, 5.74) is 1.14. The minimum absolute atomic E-state index is 0. The van der Waals surface area contributed by atoms with Crippen LogP contribution in [0.3, 0.4) is 0 Å². The largest absolute Gasteiger partial charge is 0.497 e. The van der Waals surface area contributed by atoms with E-state index in [4.69, 9.17) is 4.74 Å². The normalized spacial score (nSPS) is 15.1. The fraction of sp³-hybridized carbons (Fsp3) is 0.467. The van der Waals surface area contributed by atoms with Gasteiger partial charge in [0.15, 0.2) is 0 Å². The molecule has 2 nitrogen and oxygen atoms in total. The van der Waals surface area contributed by atoms with Gasteiger partial charge in [0.25, 0.3) is 0 Å². The summed E-state index contributed by atoms with van der Waals surface area (Å²) in [4.78, 5) is 3.12. The number of methoxy groups -OCH3 is 1. The van der Waals surface area contributed by atoms with Gasteiger partial charge in [0.05, 0.1) is 7.11 Å². The Hall–Kier alpha value is -1.44. The maximum Gasteiger partial charge on any atom is 0.119 e. The Morgan fingerprint density at radius 3 is 2.24 bits per heavy atom. The lowest BCUT2D eigenvalue weighted by atomic mass is 10.0. The van der Waals surface area contributed by atoms with E-state index in [0.717, 1.165) is 11.3 Å². The van der Waals surface area contributed by atoms with E-state index < -0.39 is 0 Å². The predicted molar refractivity (Wildman–Crippen MR) is 74.7 cm³/mol. The van der Waals surface area contributed by atoms with Crippen LogP contribution in [0.25, 0.3) is 10.9 Å². The van der Waals surface area contributed by atoms with E-state index in [9.17, 15) is 0 Å². The molecule has 1 N–H and O–H groups in total. The minimum atomic E-state index is 0. The summed E-state index contributed by atoms with van der Waals surface area (Å²) in [7, 11) is 1.67. The van der Waals surface area contributed by atoms with Crippen molar-refractivity contribution in [3.63, 3.8) is 0 Å². The van der Waals surface area contributed by atoms with Crippen LogP contribution in [0.1, 0.15) is 40.0 Å². The zero-order valence-electron chi connectivity index (χ0n) is 10.5. The summed E-state index contributed by atoms with van der Waals surface area (Å²) < 4.78 is 5.08. The molecule has 2 heteroatoms. The van der Waals surface area contributed by atoms with Gasteiger partial charge in [-0.25, -0.2) is 0 Å². The van der Waals surface area contributed by atoms with Crippen LogP contribution in [0, 0.1) is 0 Å². The number of nitrogens with one attached hydrogen (secondary N) is 1. The van der Waals surface area contributed by atoms with Gasteiger partial charge in [0.1, 0.15) is 5.75 Å². The number of benzene rings is 1. The molecule has 1 aliphatic carbocycles. The molecule has 17 heavy (non-hydrogen) atoms. The van der Waals surface area contributed by atoms with Crippen LogP contribution < -0.4 is 4.74 Å². The standard InChI is InChI=1S/C9H9NO.C6H12.H2/c1-11-8-2-3-9-7(6-8)4-5-10-9;1-2-4-6-5-3-1;/h2-6,10H,1H3;1-6H2;1H. The lowest BCUT2D eigenvalue weighted by Crippen LogP contribution is -1.85. The average Bonchev–Trinajstić information content (AvgIpc) is 2.88. The van der Waals surface area contributed by atoms with Crippen molar-refractivity contribution in [1.82, 2.24) is 4.98 Å². The summed E-state index contributed by atoms with van der Waals surface area (Å²) in [6.45, 7) is 0. The molecule has 1 heterocycles. The molecular weight excluding hydrogens is 210 g/mol. The van der Waals surface area contributed by atoms with Gasteiger partial charge in [-0.05, 0) is 24.3 Å². The predicted octanol–water partition coefficient (Wildman–Crippen LogP) is 4.76. The van der Waals surface area contributed by atoms with Gasteiger partial charge in [-0.3, -0.25) is 0 Å². The summed E-state index contributed by atoms with van der Waals surface area (Å²) in [6.07, 6.45) is 10.9. The van der Waals surface area contributed by atoms with Crippen molar-refractivity contribution in [1.29, 1.82) is 0 Å². The number of aromatic nitrogens is 1. The third-order valence-electron chi connectivity index (χ3n) is 3.26. The zero-order chi connectivity index (χ0) is 11.9. The highest BCUT2D eigenvalue weighted by atomic mass is 16.5. The summed E-state index contributed by atoms with van der Waals surface area (Å²) in [5, 5.41) is 1.18.